The summed E-state index contributed by atoms with van der Waals surface area (Å²) in [7, 11) is 0. The molecule has 22 heavy (non-hydrogen) atoms. The number of rotatable bonds is 5. The number of fused-ring (bicyclic) bond motifs is 1. The van der Waals surface area contributed by atoms with E-state index in [1.807, 2.05) is 19.1 Å². The van der Waals surface area contributed by atoms with Crippen molar-refractivity contribution in [2.24, 2.45) is 5.73 Å². The molecule has 8 heteroatoms. The Kier molecular flexibility index (Phi) is 7.09. The van der Waals surface area contributed by atoms with E-state index >= 15 is 0 Å². The van der Waals surface area contributed by atoms with Crippen LogP contribution in [0.2, 0.25) is 0 Å². The summed E-state index contributed by atoms with van der Waals surface area (Å²) in [6, 6.07) is 6.04. The van der Waals surface area contributed by atoms with Crippen LogP contribution in [0.15, 0.2) is 35.2 Å². The molecular weight excluding hydrogens is 343 g/mol. The van der Waals surface area contributed by atoms with Crippen molar-refractivity contribution in [1.82, 2.24) is 9.97 Å². The molecule has 0 aliphatic heterocycles. The topological polar surface area (TPSA) is 77.0 Å². The van der Waals surface area contributed by atoms with Crippen molar-refractivity contribution in [2.45, 2.75) is 25.9 Å². The number of anilines is 1. The number of nitrogens with zero attached hydrogens (tertiary/aromatic N) is 2. The molecule has 3 heterocycles. The fourth-order valence-electron chi connectivity index (χ4n) is 2.03. The predicted molar refractivity (Wildman–Crippen MR) is 95.3 cm³/mol. The minimum atomic E-state index is 0. The lowest BCUT2D eigenvalue weighted by Gasteiger charge is -2.03. The van der Waals surface area contributed by atoms with Gasteiger partial charge in [-0.1, -0.05) is 0 Å². The first-order valence-corrected chi connectivity index (χ1v) is 7.29. The number of thiophene rings is 1. The summed E-state index contributed by atoms with van der Waals surface area (Å²) in [5.74, 6) is 1.72. The zero-order valence-electron chi connectivity index (χ0n) is 12.0. The second kappa shape index (κ2) is 8.33. The molecule has 0 fully saturated rings. The Labute approximate surface area is 145 Å². The molecule has 0 radical (unpaired) electrons. The minimum absolute atomic E-state index is 0. The standard InChI is InChI=1S/C14H16N4OS.2ClH/c1-9(15)5-11-6-12-13(20-11)14(18-8-17-12)16-7-10-3-2-4-19-10;;/h2-4,6,8-9H,5,7,15H2,1H3,(H,16,17,18);2*1H. The van der Waals surface area contributed by atoms with Crippen molar-refractivity contribution in [3.8, 4) is 0 Å². The molecule has 0 saturated carbocycles. The highest BCUT2D eigenvalue weighted by molar-refractivity contribution is 7.19. The van der Waals surface area contributed by atoms with E-state index in [-0.39, 0.29) is 30.9 Å². The molecule has 1 unspecified atom stereocenters. The predicted octanol–water partition coefficient (Wildman–Crippen LogP) is 3.63. The van der Waals surface area contributed by atoms with Gasteiger partial charge in [-0.05, 0) is 31.5 Å². The molecule has 3 N–H and O–H groups in total. The average Bonchev–Trinajstić information content (AvgIpc) is 3.03. The number of furan rings is 1. The Morgan fingerprint density at radius 3 is 2.86 bits per heavy atom. The van der Waals surface area contributed by atoms with E-state index < -0.39 is 0 Å². The lowest BCUT2D eigenvalue weighted by atomic mass is 10.2. The highest BCUT2D eigenvalue weighted by Gasteiger charge is 2.10. The highest BCUT2D eigenvalue weighted by Crippen LogP contribution is 2.29. The van der Waals surface area contributed by atoms with Crippen LogP contribution in [0.25, 0.3) is 10.2 Å². The second-order valence-electron chi connectivity index (χ2n) is 4.76. The molecule has 3 rings (SSSR count). The Balaban J connectivity index is 0.00000121. The fourth-order valence-corrected chi connectivity index (χ4v) is 3.25. The molecule has 0 aliphatic carbocycles. The third kappa shape index (κ3) is 4.33. The van der Waals surface area contributed by atoms with Crippen LogP contribution >= 0.6 is 36.2 Å². The van der Waals surface area contributed by atoms with Crippen molar-refractivity contribution >= 4 is 52.2 Å². The van der Waals surface area contributed by atoms with Gasteiger partial charge < -0.3 is 15.5 Å². The average molecular weight is 361 g/mol. The molecule has 0 bridgehead atoms. The fraction of sp³-hybridized carbons (Fsp3) is 0.286. The highest BCUT2D eigenvalue weighted by atomic mass is 35.5. The van der Waals surface area contributed by atoms with Gasteiger partial charge in [0.2, 0.25) is 0 Å². The molecule has 0 amide bonds. The van der Waals surface area contributed by atoms with Crippen molar-refractivity contribution in [2.75, 3.05) is 5.32 Å². The second-order valence-corrected chi connectivity index (χ2v) is 5.90. The molecule has 120 valence electrons. The smallest absolute Gasteiger partial charge is 0.147 e. The van der Waals surface area contributed by atoms with Crippen LogP contribution in [-0.2, 0) is 13.0 Å². The lowest BCUT2D eigenvalue weighted by molar-refractivity contribution is 0.518. The first-order valence-electron chi connectivity index (χ1n) is 6.47. The summed E-state index contributed by atoms with van der Waals surface area (Å²) in [5, 5.41) is 3.29. The van der Waals surface area contributed by atoms with Gasteiger partial charge in [0.1, 0.15) is 17.9 Å². The summed E-state index contributed by atoms with van der Waals surface area (Å²) < 4.78 is 6.37. The normalized spacial score (nSPS) is 11.5. The molecule has 0 saturated heterocycles. The van der Waals surface area contributed by atoms with Gasteiger partial charge in [0.15, 0.2) is 0 Å². The monoisotopic (exact) mass is 360 g/mol. The van der Waals surface area contributed by atoms with Crippen LogP contribution in [0.5, 0.6) is 0 Å². The zero-order valence-corrected chi connectivity index (χ0v) is 14.4. The van der Waals surface area contributed by atoms with Gasteiger partial charge in [0.05, 0.1) is 23.0 Å². The number of hydrogen-bond donors (Lipinski definition) is 2. The Morgan fingerprint density at radius 1 is 1.36 bits per heavy atom. The van der Waals surface area contributed by atoms with E-state index in [1.54, 1.807) is 23.9 Å². The van der Waals surface area contributed by atoms with Crippen LogP contribution in [0, 0.1) is 0 Å². The van der Waals surface area contributed by atoms with Gasteiger partial charge in [-0.2, -0.15) is 0 Å². The number of halogens is 2. The van der Waals surface area contributed by atoms with Crippen LogP contribution in [0.1, 0.15) is 17.6 Å². The number of hydrogen-bond acceptors (Lipinski definition) is 6. The summed E-state index contributed by atoms with van der Waals surface area (Å²) in [5.41, 5.74) is 6.81. The molecule has 5 nitrogen and oxygen atoms in total. The third-order valence-electron chi connectivity index (χ3n) is 2.90. The number of nitrogens with two attached hydrogens (primary N) is 1. The largest absolute Gasteiger partial charge is 0.467 e. The van der Waals surface area contributed by atoms with E-state index in [0.29, 0.717) is 6.54 Å². The molecule has 1 atom stereocenters. The van der Waals surface area contributed by atoms with Crippen molar-refractivity contribution in [3.05, 3.63) is 41.4 Å². The summed E-state index contributed by atoms with van der Waals surface area (Å²) in [6.07, 6.45) is 4.10. The SMILES string of the molecule is CC(N)Cc1cc2ncnc(NCc3ccco3)c2s1.Cl.Cl. The van der Waals surface area contributed by atoms with Crippen LogP contribution in [-0.4, -0.2) is 16.0 Å². The van der Waals surface area contributed by atoms with Crippen molar-refractivity contribution < 1.29 is 4.42 Å². The molecule has 0 aliphatic rings. The number of nitrogens with one attached hydrogen (secondary N) is 1. The first kappa shape index (κ1) is 18.7. The molecular formula is C14H18Cl2N4OS. The molecule has 3 aromatic heterocycles. The quantitative estimate of drug-likeness (QED) is 0.726. The Morgan fingerprint density at radius 2 is 2.18 bits per heavy atom. The maximum absolute atomic E-state index is 5.85. The van der Waals surface area contributed by atoms with E-state index in [4.69, 9.17) is 10.2 Å². The first-order chi connectivity index (χ1) is 9.72. The summed E-state index contributed by atoms with van der Waals surface area (Å²) >= 11 is 1.69. The maximum Gasteiger partial charge on any atom is 0.147 e. The van der Waals surface area contributed by atoms with E-state index in [2.05, 4.69) is 21.4 Å². The Bertz CT molecular complexity index is 700. The van der Waals surface area contributed by atoms with Gasteiger partial charge in [0, 0.05) is 10.9 Å². The third-order valence-corrected chi connectivity index (χ3v) is 4.05. The van der Waals surface area contributed by atoms with Gasteiger partial charge in [-0.15, -0.1) is 36.2 Å². The van der Waals surface area contributed by atoms with Crippen molar-refractivity contribution in [3.63, 3.8) is 0 Å². The van der Waals surface area contributed by atoms with E-state index in [9.17, 15) is 0 Å². The van der Waals surface area contributed by atoms with E-state index in [0.717, 1.165) is 28.2 Å². The molecule has 0 spiro atoms. The van der Waals surface area contributed by atoms with E-state index in [1.165, 1.54) is 4.88 Å². The van der Waals surface area contributed by atoms with Gasteiger partial charge in [0.25, 0.3) is 0 Å². The minimum Gasteiger partial charge on any atom is -0.467 e. The Hall–Kier alpha value is -1.34. The molecule has 3 aromatic rings. The van der Waals surface area contributed by atoms with Gasteiger partial charge in [-0.3, -0.25) is 0 Å². The van der Waals surface area contributed by atoms with Crippen LogP contribution in [0.3, 0.4) is 0 Å². The maximum atomic E-state index is 5.85. The number of aromatic nitrogens is 2. The summed E-state index contributed by atoms with van der Waals surface area (Å²) in [4.78, 5) is 9.86. The zero-order chi connectivity index (χ0) is 13.9. The van der Waals surface area contributed by atoms with Crippen LogP contribution in [0.4, 0.5) is 5.82 Å². The molecule has 0 aromatic carbocycles. The van der Waals surface area contributed by atoms with Gasteiger partial charge >= 0.3 is 0 Å². The van der Waals surface area contributed by atoms with Crippen molar-refractivity contribution in [1.29, 1.82) is 0 Å². The van der Waals surface area contributed by atoms with Crippen LogP contribution < -0.4 is 11.1 Å². The summed E-state index contributed by atoms with van der Waals surface area (Å²) in [6.45, 7) is 2.62. The van der Waals surface area contributed by atoms with Gasteiger partial charge in [-0.25, -0.2) is 9.97 Å². The lowest BCUT2D eigenvalue weighted by Crippen LogP contribution is -2.16.